The molecule has 6 nitrogen and oxygen atoms in total. The Hall–Kier alpha value is -1.80. The Morgan fingerprint density at radius 2 is 2.41 bits per heavy atom. The van der Waals surface area contributed by atoms with Gasteiger partial charge in [-0.1, -0.05) is 11.8 Å². The summed E-state index contributed by atoms with van der Waals surface area (Å²) in [6.07, 6.45) is 0.382. The first kappa shape index (κ1) is 15.1. The van der Waals surface area contributed by atoms with E-state index < -0.39 is 0 Å². The molecule has 0 aliphatic carbocycles. The molecular formula is C14H16N4O2S2. The normalized spacial score (nSPS) is 18.1. The number of fused-ring (bicyclic) bond motifs is 1. The van der Waals surface area contributed by atoms with E-state index >= 15 is 0 Å². The van der Waals surface area contributed by atoms with E-state index in [2.05, 4.69) is 10.3 Å². The highest BCUT2D eigenvalue weighted by Gasteiger charge is 2.27. The molecule has 1 aromatic carbocycles. The van der Waals surface area contributed by atoms with Crippen molar-refractivity contribution in [2.45, 2.75) is 16.8 Å². The third-order valence-electron chi connectivity index (χ3n) is 3.43. The molecule has 1 aromatic heterocycles. The molecule has 0 bridgehead atoms. The summed E-state index contributed by atoms with van der Waals surface area (Å²) in [7, 11) is 1.75. The number of likely N-dealkylation sites (N-methyl/N-ethyl adjacent to an activating group) is 1. The number of nitrogens with two attached hydrogens (primary N) is 1. The van der Waals surface area contributed by atoms with E-state index in [1.54, 1.807) is 11.9 Å². The smallest absolute Gasteiger partial charge is 0.230 e. The van der Waals surface area contributed by atoms with Gasteiger partial charge in [-0.3, -0.25) is 9.59 Å². The molecule has 22 heavy (non-hydrogen) atoms. The maximum absolute atomic E-state index is 12.0. The van der Waals surface area contributed by atoms with E-state index in [0.29, 0.717) is 24.4 Å². The van der Waals surface area contributed by atoms with Crippen molar-refractivity contribution in [1.82, 2.24) is 15.2 Å². The molecule has 1 unspecified atom stereocenters. The van der Waals surface area contributed by atoms with E-state index in [0.717, 1.165) is 14.6 Å². The molecule has 1 saturated heterocycles. The van der Waals surface area contributed by atoms with Crippen LogP contribution >= 0.6 is 23.1 Å². The molecule has 0 radical (unpaired) electrons. The molecule has 0 saturated carbocycles. The minimum absolute atomic E-state index is 0.0710. The zero-order valence-electron chi connectivity index (χ0n) is 12.0. The highest BCUT2D eigenvalue weighted by molar-refractivity contribution is 8.01. The predicted octanol–water partition coefficient (Wildman–Crippen LogP) is 1.32. The van der Waals surface area contributed by atoms with Crippen LogP contribution in [0.25, 0.3) is 10.2 Å². The Labute approximate surface area is 136 Å². The first-order valence-electron chi connectivity index (χ1n) is 6.83. The third kappa shape index (κ3) is 3.33. The van der Waals surface area contributed by atoms with E-state index in [1.165, 1.54) is 23.1 Å². The van der Waals surface area contributed by atoms with E-state index in [4.69, 9.17) is 5.73 Å². The standard InChI is InChI=1S/C14H16N4O2S2/c1-18-6-9(5-13(18)20)16-12(19)7-21-14-17-10-3-2-8(15)4-11(10)22-14/h2-4,9H,5-7,15H2,1H3,(H,16,19). The lowest BCUT2D eigenvalue weighted by molar-refractivity contribution is -0.126. The lowest BCUT2D eigenvalue weighted by Gasteiger charge is -2.11. The summed E-state index contributed by atoms with van der Waals surface area (Å²) in [6, 6.07) is 5.50. The Bertz CT molecular complexity index is 731. The van der Waals surface area contributed by atoms with Crippen LogP contribution in [0.5, 0.6) is 0 Å². The van der Waals surface area contributed by atoms with Gasteiger partial charge in [-0.15, -0.1) is 11.3 Å². The Morgan fingerprint density at radius 1 is 1.59 bits per heavy atom. The predicted molar refractivity (Wildman–Crippen MR) is 88.9 cm³/mol. The summed E-state index contributed by atoms with van der Waals surface area (Å²) in [6.45, 7) is 0.579. The fourth-order valence-corrected chi connectivity index (χ4v) is 4.27. The molecular weight excluding hydrogens is 320 g/mol. The number of nitrogens with one attached hydrogen (secondary N) is 1. The fourth-order valence-electron chi connectivity index (χ4n) is 2.34. The van der Waals surface area contributed by atoms with Crippen molar-refractivity contribution in [2.75, 3.05) is 25.1 Å². The molecule has 1 fully saturated rings. The van der Waals surface area contributed by atoms with Crippen LogP contribution in [0.3, 0.4) is 0 Å². The maximum Gasteiger partial charge on any atom is 0.230 e. The lowest BCUT2D eigenvalue weighted by Crippen LogP contribution is -2.37. The van der Waals surface area contributed by atoms with Gasteiger partial charge < -0.3 is 16.0 Å². The number of nitrogen functional groups attached to an aromatic ring is 1. The number of thiazole rings is 1. The number of rotatable bonds is 4. The van der Waals surface area contributed by atoms with Gasteiger partial charge in [-0.25, -0.2) is 4.98 Å². The average molecular weight is 336 g/mol. The molecule has 1 aliphatic heterocycles. The molecule has 2 heterocycles. The molecule has 2 aromatic rings. The molecule has 3 rings (SSSR count). The van der Waals surface area contributed by atoms with Gasteiger partial charge in [0, 0.05) is 25.7 Å². The second-order valence-corrected chi connectivity index (χ2v) is 7.49. The van der Waals surface area contributed by atoms with Crippen LogP contribution in [-0.4, -0.2) is 47.1 Å². The first-order valence-corrected chi connectivity index (χ1v) is 8.63. The zero-order chi connectivity index (χ0) is 15.7. The van der Waals surface area contributed by atoms with Crippen molar-refractivity contribution in [1.29, 1.82) is 0 Å². The Morgan fingerprint density at radius 3 is 3.14 bits per heavy atom. The summed E-state index contributed by atoms with van der Waals surface area (Å²) < 4.78 is 1.86. The number of benzene rings is 1. The Balaban J connectivity index is 1.55. The summed E-state index contributed by atoms with van der Waals surface area (Å²) in [5, 5.41) is 2.89. The molecule has 116 valence electrons. The van der Waals surface area contributed by atoms with Gasteiger partial charge in [0.15, 0.2) is 4.34 Å². The zero-order valence-corrected chi connectivity index (χ0v) is 13.7. The number of aromatic nitrogens is 1. The van der Waals surface area contributed by atoms with Gasteiger partial charge in [0.1, 0.15) is 0 Å². The lowest BCUT2D eigenvalue weighted by atomic mass is 10.2. The molecule has 8 heteroatoms. The first-order chi connectivity index (χ1) is 10.5. The minimum atomic E-state index is -0.0826. The van der Waals surface area contributed by atoms with Gasteiger partial charge in [0.2, 0.25) is 11.8 Å². The Kier molecular flexibility index (Phi) is 4.21. The molecule has 0 spiro atoms. The summed E-state index contributed by atoms with van der Waals surface area (Å²) in [5.74, 6) is 0.294. The average Bonchev–Trinajstić information content (AvgIpc) is 2.99. The van der Waals surface area contributed by atoms with Crippen molar-refractivity contribution in [3.05, 3.63) is 18.2 Å². The van der Waals surface area contributed by atoms with E-state index in [9.17, 15) is 9.59 Å². The summed E-state index contributed by atoms with van der Waals surface area (Å²) >= 11 is 2.93. The maximum atomic E-state index is 12.0. The van der Waals surface area contributed by atoms with E-state index in [1.807, 2.05) is 18.2 Å². The van der Waals surface area contributed by atoms with Crippen molar-refractivity contribution in [3.63, 3.8) is 0 Å². The van der Waals surface area contributed by atoms with Crippen molar-refractivity contribution in [3.8, 4) is 0 Å². The van der Waals surface area contributed by atoms with Gasteiger partial charge >= 0.3 is 0 Å². The van der Waals surface area contributed by atoms with Gasteiger partial charge in [0.25, 0.3) is 0 Å². The SMILES string of the molecule is CN1CC(NC(=O)CSc2nc3ccc(N)cc3s2)CC1=O. The number of anilines is 1. The highest BCUT2D eigenvalue weighted by Crippen LogP contribution is 2.30. The fraction of sp³-hybridized carbons (Fsp3) is 0.357. The number of thioether (sulfide) groups is 1. The number of carbonyl (C=O) groups excluding carboxylic acids is 2. The number of nitrogens with zero attached hydrogens (tertiary/aromatic N) is 2. The number of likely N-dealkylation sites (tertiary alicyclic amines) is 1. The third-order valence-corrected chi connectivity index (χ3v) is 5.59. The van der Waals surface area contributed by atoms with Crippen LogP contribution in [0.15, 0.2) is 22.5 Å². The second kappa shape index (κ2) is 6.13. The number of carbonyl (C=O) groups is 2. The van der Waals surface area contributed by atoms with Crippen LogP contribution in [0.1, 0.15) is 6.42 Å². The van der Waals surface area contributed by atoms with Crippen LogP contribution in [-0.2, 0) is 9.59 Å². The van der Waals surface area contributed by atoms with Crippen LogP contribution < -0.4 is 11.1 Å². The second-order valence-electron chi connectivity index (χ2n) is 5.24. The van der Waals surface area contributed by atoms with Crippen LogP contribution in [0.2, 0.25) is 0 Å². The van der Waals surface area contributed by atoms with Crippen molar-refractivity contribution >= 4 is 50.8 Å². The monoisotopic (exact) mass is 336 g/mol. The van der Waals surface area contributed by atoms with Crippen LogP contribution in [0.4, 0.5) is 5.69 Å². The van der Waals surface area contributed by atoms with Gasteiger partial charge in [0.05, 0.1) is 22.0 Å². The number of hydrogen-bond acceptors (Lipinski definition) is 6. The molecule has 1 aliphatic rings. The van der Waals surface area contributed by atoms with Gasteiger partial charge in [-0.2, -0.15) is 0 Å². The minimum Gasteiger partial charge on any atom is -0.399 e. The summed E-state index contributed by atoms with van der Waals surface area (Å²) in [5.41, 5.74) is 7.35. The molecule has 2 amide bonds. The summed E-state index contributed by atoms with van der Waals surface area (Å²) in [4.78, 5) is 29.5. The van der Waals surface area contributed by atoms with Gasteiger partial charge in [-0.05, 0) is 18.2 Å². The van der Waals surface area contributed by atoms with Crippen molar-refractivity contribution in [2.24, 2.45) is 0 Å². The largest absolute Gasteiger partial charge is 0.399 e. The number of hydrogen-bond donors (Lipinski definition) is 2. The topological polar surface area (TPSA) is 88.3 Å². The molecule has 1 atom stereocenters. The molecule has 3 N–H and O–H groups in total. The quantitative estimate of drug-likeness (QED) is 0.649. The number of amides is 2. The highest BCUT2D eigenvalue weighted by atomic mass is 32.2. The van der Waals surface area contributed by atoms with Crippen molar-refractivity contribution < 1.29 is 9.59 Å². The van der Waals surface area contributed by atoms with Crippen LogP contribution in [0, 0.1) is 0 Å². The van der Waals surface area contributed by atoms with E-state index in [-0.39, 0.29) is 17.9 Å².